The first kappa shape index (κ1) is 52.3. The summed E-state index contributed by atoms with van der Waals surface area (Å²) in [6.07, 6.45) is 2.57. The van der Waals surface area contributed by atoms with E-state index in [-0.39, 0.29) is 62.1 Å². The molecule has 0 aromatic heterocycles. The zero-order valence-electron chi connectivity index (χ0n) is 33.0. The summed E-state index contributed by atoms with van der Waals surface area (Å²) in [7, 11) is 0. The molecule has 0 spiro atoms. The van der Waals surface area contributed by atoms with Gasteiger partial charge >= 0.3 is 29.8 Å². The van der Waals surface area contributed by atoms with E-state index in [0.29, 0.717) is 25.7 Å². The molecule has 1 N–H and O–H groups in total. The van der Waals surface area contributed by atoms with Crippen LogP contribution in [-0.4, -0.2) is 101 Å². The van der Waals surface area contributed by atoms with Crippen molar-refractivity contribution in [2.75, 3.05) is 39.6 Å². The molecule has 0 aliphatic heterocycles. The van der Waals surface area contributed by atoms with Crippen molar-refractivity contribution in [3.63, 3.8) is 0 Å². The number of fused-ring (bicyclic) bond motifs is 2. The summed E-state index contributed by atoms with van der Waals surface area (Å²) in [5, 5.41) is 8.70. The number of allylic oxidation sites excluding steroid dienone is 1. The van der Waals surface area contributed by atoms with E-state index in [1.165, 1.54) is 0 Å². The molecule has 19 heteroatoms. The molecule has 0 radical (unpaired) electrons. The Morgan fingerprint density at radius 2 is 1.11 bits per heavy atom. The number of hydrogen-bond acceptors (Lipinski definition) is 12. The number of ether oxygens (including phenoxy) is 6. The highest BCUT2D eigenvalue weighted by molar-refractivity contribution is 6.66. The van der Waals surface area contributed by atoms with Gasteiger partial charge in [-0.15, -0.1) is 23.2 Å². The zero-order chi connectivity index (χ0) is 43.3. The first-order chi connectivity index (χ1) is 26.0. The molecule has 2 saturated carbocycles. The predicted molar refractivity (Wildman–Crippen MR) is 212 cm³/mol. The number of hydrogen-bond donors (Lipinski definition) is 1. The van der Waals surface area contributed by atoms with Crippen LogP contribution >= 0.6 is 69.6 Å². The van der Waals surface area contributed by atoms with Gasteiger partial charge < -0.3 is 33.5 Å². The third kappa shape index (κ3) is 11.5. The molecule has 0 amide bonds. The number of halogens is 6. The first-order valence-corrected chi connectivity index (χ1v) is 20.7. The molecule has 2 fully saturated rings. The number of rotatable bonds is 18. The summed E-state index contributed by atoms with van der Waals surface area (Å²) in [5.74, 6) is -5.73. The number of carboxylic acid groups (broad SMARTS) is 1. The van der Waals surface area contributed by atoms with Crippen LogP contribution < -0.4 is 0 Å². The number of carbonyl (C=O) groups excluding carboxylic acids is 5. The molecule has 13 nitrogen and oxygen atoms in total. The van der Waals surface area contributed by atoms with Gasteiger partial charge in [-0.2, -0.15) is 0 Å². The summed E-state index contributed by atoms with van der Waals surface area (Å²) >= 11 is 38.1. The Morgan fingerprint density at radius 1 is 0.696 bits per heavy atom. The predicted octanol–water partition coefficient (Wildman–Crippen LogP) is 7.96. The first-order valence-electron chi connectivity index (χ1n) is 18.4. The SMILES string of the molecule is CC.CCC(C)(C)C(=O)OCCOC(=O)C1C(OC=O)C2(Cl)C(Cl)=C(Cl)C1(Cl)C2(Cl)Cl.CCC(C)(C)C(=O)OCCOCCOC(=O)C1CCCCC1C(=O)O. The topological polar surface area (TPSA) is 178 Å². The van der Waals surface area contributed by atoms with Gasteiger partial charge in [-0.05, 0) is 53.4 Å². The fraction of sp³-hybridized carbons (Fsp3) is 0.784. The third-order valence-corrected chi connectivity index (χ3v) is 14.3. The van der Waals surface area contributed by atoms with Crippen LogP contribution in [0.3, 0.4) is 0 Å². The van der Waals surface area contributed by atoms with E-state index in [4.69, 9.17) is 98.0 Å². The van der Waals surface area contributed by atoms with Crippen molar-refractivity contribution < 1.29 is 62.3 Å². The maximum absolute atomic E-state index is 12.8. The maximum Gasteiger partial charge on any atom is 0.315 e. The molecule has 3 aliphatic rings. The van der Waals surface area contributed by atoms with Crippen molar-refractivity contribution in [2.45, 2.75) is 114 Å². The fourth-order valence-electron chi connectivity index (χ4n) is 5.81. The van der Waals surface area contributed by atoms with Crippen molar-refractivity contribution in [1.82, 2.24) is 0 Å². The van der Waals surface area contributed by atoms with Gasteiger partial charge in [0, 0.05) is 0 Å². The highest BCUT2D eigenvalue weighted by atomic mass is 35.5. The molecule has 56 heavy (non-hydrogen) atoms. The maximum atomic E-state index is 12.8. The van der Waals surface area contributed by atoms with E-state index in [1.807, 2.05) is 41.5 Å². The molecular formula is C37H54Cl6O13. The second-order valence-electron chi connectivity index (χ2n) is 14.3. The average Bonchev–Trinajstić information content (AvgIpc) is 3.37. The highest BCUT2D eigenvalue weighted by Gasteiger charge is 2.85. The Morgan fingerprint density at radius 3 is 1.57 bits per heavy atom. The summed E-state index contributed by atoms with van der Waals surface area (Å²) in [4.78, 5) is 66.7. The van der Waals surface area contributed by atoms with Crippen molar-refractivity contribution in [3.05, 3.63) is 10.1 Å². The molecule has 6 unspecified atom stereocenters. The smallest absolute Gasteiger partial charge is 0.315 e. The van der Waals surface area contributed by atoms with Gasteiger partial charge in [0.2, 0.25) is 0 Å². The number of aliphatic carboxylic acids is 1. The lowest BCUT2D eigenvalue weighted by molar-refractivity contribution is -0.164. The Labute approximate surface area is 358 Å². The molecule has 0 heterocycles. The lowest BCUT2D eigenvalue weighted by atomic mass is 9.79. The molecule has 3 aliphatic carbocycles. The van der Waals surface area contributed by atoms with Crippen LogP contribution in [0.1, 0.15) is 93.9 Å². The minimum absolute atomic E-state index is 0.0621. The third-order valence-electron chi connectivity index (χ3n) is 10.1. The van der Waals surface area contributed by atoms with Crippen LogP contribution in [-0.2, 0) is 57.2 Å². The average molecular weight is 920 g/mol. The molecular weight excluding hydrogens is 865 g/mol. The summed E-state index contributed by atoms with van der Waals surface area (Å²) in [6.45, 7) is 15.1. The monoisotopic (exact) mass is 916 g/mol. The number of esters is 4. The molecule has 0 saturated heterocycles. The van der Waals surface area contributed by atoms with Crippen LogP contribution in [0.5, 0.6) is 0 Å². The van der Waals surface area contributed by atoms with Crippen molar-refractivity contribution in [1.29, 1.82) is 0 Å². The standard InChI is InChI=1S/C18H30O7.C17H18Cl6O6.C2H6/c1-4-18(2,3)17(22)25-12-10-23-9-11-24-16(21)14-8-6-5-7-13(14)15(19)20;1-4-14(2,3)13(26)28-6-5-27-12(25)8-11(29-7-24)16(21)10(19)9(18)15(8,20)17(16,22)23;1-2/h13-14H,4-12H2,1-3H3,(H,19,20);7-8,11H,4-6H2,1-3H3;1-2H3. The largest absolute Gasteiger partial charge is 0.481 e. The number of alkyl halides is 4. The Hall–Kier alpha value is -1.74. The zero-order valence-corrected chi connectivity index (χ0v) is 37.5. The quantitative estimate of drug-likeness (QED) is 0.0461. The lowest BCUT2D eigenvalue weighted by Gasteiger charge is -2.33. The lowest BCUT2D eigenvalue weighted by Crippen LogP contribution is -2.47. The number of carboxylic acids is 1. The van der Waals surface area contributed by atoms with Gasteiger partial charge in [0.1, 0.15) is 43.3 Å². The summed E-state index contributed by atoms with van der Waals surface area (Å²) in [6, 6.07) is 0. The van der Waals surface area contributed by atoms with Crippen LogP contribution in [0.15, 0.2) is 10.1 Å². The van der Waals surface area contributed by atoms with Crippen molar-refractivity contribution in [3.8, 4) is 0 Å². The number of carbonyl (C=O) groups is 6. The minimum atomic E-state index is -2.09. The van der Waals surface area contributed by atoms with E-state index >= 15 is 0 Å². The van der Waals surface area contributed by atoms with E-state index in [0.717, 1.165) is 12.8 Å². The van der Waals surface area contributed by atoms with Crippen LogP contribution in [0.25, 0.3) is 0 Å². The molecule has 3 rings (SSSR count). The Bertz CT molecular complexity index is 1420. The van der Waals surface area contributed by atoms with E-state index in [9.17, 15) is 33.9 Å². The molecule has 0 aromatic rings. The summed E-state index contributed by atoms with van der Waals surface area (Å²) < 4.78 is 28.6. The highest BCUT2D eigenvalue weighted by Crippen LogP contribution is 2.74. The van der Waals surface area contributed by atoms with Crippen molar-refractivity contribution in [2.24, 2.45) is 28.6 Å². The van der Waals surface area contributed by atoms with Gasteiger partial charge in [-0.1, -0.05) is 86.9 Å². The van der Waals surface area contributed by atoms with Crippen LogP contribution in [0, 0.1) is 28.6 Å². The van der Waals surface area contributed by atoms with E-state index in [2.05, 4.69) is 0 Å². The normalized spacial score (nSPS) is 26.4. The van der Waals surface area contributed by atoms with Gasteiger partial charge in [0.05, 0.1) is 45.9 Å². The van der Waals surface area contributed by atoms with Gasteiger partial charge in [0.15, 0.2) is 9.21 Å². The van der Waals surface area contributed by atoms with Gasteiger partial charge in [-0.25, -0.2) is 0 Å². The molecule has 322 valence electrons. The Balaban J connectivity index is 0.000000542. The molecule has 6 atom stereocenters. The van der Waals surface area contributed by atoms with Crippen LogP contribution in [0.2, 0.25) is 0 Å². The minimum Gasteiger partial charge on any atom is -0.481 e. The molecule has 2 bridgehead atoms. The van der Waals surface area contributed by atoms with E-state index in [1.54, 1.807) is 13.8 Å². The van der Waals surface area contributed by atoms with E-state index < -0.39 is 72.6 Å². The van der Waals surface area contributed by atoms with Gasteiger partial charge in [0.25, 0.3) is 6.47 Å². The van der Waals surface area contributed by atoms with Crippen molar-refractivity contribution >= 4 is 106 Å². The molecule has 0 aromatic carbocycles. The second kappa shape index (κ2) is 22.6. The fourth-order valence-corrected chi connectivity index (χ4v) is 8.65. The summed E-state index contributed by atoms with van der Waals surface area (Å²) in [5.41, 5.74) is -1.18. The second-order valence-corrected chi connectivity index (χ2v) is 17.6. The van der Waals surface area contributed by atoms with Crippen LogP contribution in [0.4, 0.5) is 0 Å². The van der Waals surface area contributed by atoms with Gasteiger partial charge in [-0.3, -0.25) is 28.8 Å². The Kier molecular flexibility index (Phi) is 21.1.